The van der Waals surface area contributed by atoms with Crippen LogP contribution in [-0.2, 0) is 4.79 Å². The minimum Gasteiger partial charge on any atom is -0.481 e. The molecular formula is C17H17N5O4. The van der Waals surface area contributed by atoms with Gasteiger partial charge in [0.25, 0.3) is 0 Å². The van der Waals surface area contributed by atoms with E-state index in [1.165, 1.54) is 18.2 Å². The molecule has 1 aliphatic rings. The van der Waals surface area contributed by atoms with E-state index in [-0.39, 0.29) is 25.9 Å². The van der Waals surface area contributed by atoms with Gasteiger partial charge in [0.05, 0.1) is 24.4 Å². The maximum Gasteiger partial charge on any atom is 0.407 e. The van der Waals surface area contributed by atoms with Crippen molar-refractivity contribution in [3.05, 3.63) is 24.4 Å². The summed E-state index contributed by atoms with van der Waals surface area (Å²) in [6.07, 6.45) is 0.773. The summed E-state index contributed by atoms with van der Waals surface area (Å²) in [5.41, 5.74) is 0.182. The van der Waals surface area contributed by atoms with Crippen molar-refractivity contribution in [1.29, 1.82) is 5.26 Å². The summed E-state index contributed by atoms with van der Waals surface area (Å²) in [6.45, 7) is 0.277. The van der Waals surface area contributed by atoms with Crippen molar-refractivity contribution in [2.24, 2.45) is 5.41 Å². The van der Waals surface area contributed by atoms with E-state index in [2.05, 4.69) is 21.4 Å². The average molecular weight is 355 g/mol. The smallest absolute Gasteiger partial charge is 0.407 e. The Kier molecular flexibility index (Phi) is 4.58. The molecule has 2 N–H and O–H groups in total. The highest BCUT2D eigenvalue weighted by atomic mass is 16.5. The van der Waals surface area contributed by atoms with Gasteiger partial charge in [-0.15, -0.1) is 0 Å². The number of hydrogen-bond donors (Lipinski definition) is 2. The fourth-order valence-corrected chi connectivity index (χ4v) is 2.93. The SMILES string of the molecule is COc1ccc2nccc(NC(=O)C3(C#N)CCN(C(=O)O)CC3)c2n1. The van der Waals surface area contributed by atoms with Crippen LogP contribution in [-0.4, -0.2) is 52.2 Å². The monoisotopic (exact) mass is 355 g/mol. The number of amides is 2. The van der Waals surface area contributed by atoms with E-state index in [0.29, 0.717) is 22.6 Å². The molecule has 2 aromatic heterocycles. The number of pyridine rings is 2. The van der Waals surface area contributed by atoms with E-state index < -0.39 is 17.4 Å². The number of carboxylic acid groups (broad SMARTS) is 1. The third kappa shape index (κ3) is 3.09. The first-order chi connectivity index (χ1) is 12.5. The summed E-state index contributed by atoms with van der Waals surface area (Å²) >= 11 is 0. The van der Waals surface area contributed by atoms with E-state index >= 15 is 0 Å². The molecule has 0 saturated carbocycles. The van der Waals surface area contributed by atoms with Crippen molar-refractivity contribution in [3.63, 3.8) is 0 Å². The number of carbonyl (C=O) groups excluding carboxylic acids is 1. The van der Waals surface area contributed by atoms with Crippen LogP contribution in [0.25, 0.3) is 11.0 Å². The molecule has 0 unspecified atom stereocenters. The fourth-order valence-electron chi connectivity index (χ4n) is 2.93. The number of fused-ring (bicyclic) bond motifs is 1. The zero-order chi connectivity index (χ0) is 18.7. The number of aromatic nitrogens is 2. The second-order valence-electron chi connectivity index (χ2n) is 6.00. The van der Waals surface area contributed by atoms with Gasteiger partial charge in [-0.1, -0.05) is 0 Å². The first-order valence-electron chi connectivity index (χ1n) is 7.99. The Balaban J connectivity index is 1.86. The van der Waals surface area contributed by atoms with Crippen LogP contribution >= 0.6 is 0 Å². The zero-order valence-electron chi connectivity index (χ0n) is 14.1. The molecule has 0 atom stereocenters. The molecule has 0 spiro atoms. The van der Waals surface area contributed by atoms with Gasteiger partial charge in [-0.2, -0.15) is 5.26 Å². The summed E-state index contributed by atoms with van der Waals surface area (Å²) in [6, 6.07) is 7.07. The molecule has 9 heteroatoms. The maximum absolute atomic E-state index is 12.8. The van der Waals surface area contributed by atoms with Crippen LogP contribution < -0.4 is 10.1 Å². The number of likely N-dealkylation sites (tertiary alicyclic amines) is 1. The summed E-state index contributed by atoms with van der Waals surface area (Å²) in [7, 11) is 1.49. The van der Waals surface area contributed by atoms with Gasteiger partial charge in [-0.25, -0.2) is 9.78 Å². The van der Waals surface area contributed by atoms with E-state index in [0.717, 1.165) is 0 Å². The van der Waals surface area contributed by atoms with Gasteiger partial charge in [0.15, 0.2) is 0 Å². The first-order valence-corrected chi connectivity index (χ1v) is 7.99. The zero-order valence-corrected chi connectivity index (χ0v) is 14.1. The minimum absolute atomic E-state index is 0.138. The molecule has 134 valence electrons. The number of nitrogens with zero attached hydrogens (tertiary/aromatic N) is 4. The molecule has 0 bridgehead atoms. The molecule has 3 rings (SSSR count). The van der Waals surface area contributed by atoms with Gasteiger partial charge in [-0.05, 0) is 25.0 Å². The molecule has 1 saturated heterocycles. The summed E-state index contributed by atoms with van der Waals surface area (Å²) in [5, 5.41) is 21.4. The summed E-state index contributed by atoms with van der Waals surface area (Å²) < 4.78 is 5.11. The largest absolute Gasteiger partial charge is 0.481 e. The lowest BCUT2D eigenvalue weighted by Gasteiger charge is -2.34. The van der Waals surface area contributed by atoms with Gasteiger partial charge in [0, 0.05) is 25.4 Å². The molecule has 3 heterocycles. The topological polar surface area (TPSA) is 128 Å². The molecule has 9 nitrogen and oxygen atoms in total. The highest BCUT2D eigenvalue weighted by molar-refractivity contribution is 6.03. The van der Waals surface area contributed by atoms with Gasteiger partial charge < -0.3 is 20.1 Å². The minimum atomic E-state index is -1.28. The number of nitriles is 1. The number of carbonyl (C=O) groups is 2. The molecule has 0 aliphatic carbocycles. The van der Waals surface area contributed by atoms with Crippen LogP contribution in [0, 0.1) is 16.7 Å². The summed E-state index contributed by atoms with van der Waals surface area (Å²) in [4.78, 5) is 33.6. The van der Waals surface area contributed by atoms with E-state index in [1.54, 1.807) is 18.2 Å². The number of hydrogen-bond acceptors (Lipinski definition) is 6. The Morgan fingerprint density at radius 3 is 2.69 bits per heavy atom. The standard InChI is InChI=1S/C17H17N5O4/c1-26-13-3-2-11-14(21-13)12(4-7-19-11)20-15(23)17(10-18)5-8-22(9-6-17)16(24)25/h2-4,7H,5-6,8-9H2,1H3,(H,24,25)(H,19,20,23). The Bertz CT molecular complexity index is 900. The van der Waals surface area contributed by atoms with Gasteiger partial charge in [-0.3, -0.25) is 9.78 Å². The highest BCUT2D eigenvalue weighted by Crippen LogP contribution is 2.33. The highest BCUT2D eigenvalue weighted by Gasteiger charge is 2.43. The van der Waals surface area contributed by atoms with Gasteiger partial charge >= 0.3 is 6.09 Å². The quantitative estimate of drug-likeness (QED) is 0.859. The molecule has 26 heavy (non-hydrogen) atoms. The van der Waals surface area contributed by atoms with Crippen molar-refractivity contribution >= 4 is 28.7 Å². The lowest BCUT2D eigenvalue weighted by Crippen LogP contribution is -2.47. The van der Waals surface area contributed by atoms with Crippen molar-refractivity contribution in [2.45, 2.75) is 12.8 Å². The normalized spacial score (nSPS) is 15.9. The number of ether oxygens (including phenoxy) is 1. The molecule has 0 aromatic carbocycles. The second-order valence-corrected chi connectivity index (χ2v) is 6.00. The van der Waals surface area contributed by atoms with Crippen LogP contribution in [0.3, 0.4) is 0 Å². The van der Waals surface area contributed by atoms with E-state index in [1.807, 2.05) is 0 Å². The number of piperidine rings is 1. The number of methoxy groups -OCH3 is 1. The Labute approximate surface area is 149 Å². The predicted molar refractivity (Wildman–Crippen MR) is 91.6 cm³/mol. The number of rotatable bonds is 3. The number of anilines is 1. The lowest BCUT2D eigenvalue weighted by molar-refractivity contribution is -0.124. The van der Waals surface area contributed by atoms with Crippen LogP contribution in [0.15, 0.2) is 24.4 Å². The molecular weight excluding hydrogens is 338 g/mol. The Morgan fingerprint density at radius 1 is 1.35 bits per heavy atom. The second kappa shape index (κ2) is 6.84. The van der Waals surface area contributed by atoms with Crippen molar-refractivity contribution in [1.82, 2.24) is 14.9 Å². The van der Waals surface area contributed by atoms with Crippen molar-refractivity contribution < 1.29 is 19.4 Å². The third-order valence-corrected chi connectivity index (χ3v) is 4.55. The van der Waals surface area contributed by atoms with Gasteiger partial charge in [0.2, 0.25) is 11.8 Å². The van der Waals surface area contributed by atoms with E-state index in [4.69, 9.17) is 9.84 Å². The van der Waals surface area contributed by atoms with Crippen LogP contribution in [0.4, 0.5) is 10.5 Å². The average Bonchev–Trinajstić information content (AvgIpc) is 2.67. The predicted octanol–water partition coefficient (Wildman–Crippen LogP) is 1.86. The van der Waals surface area contributed by atoms with Crippen molar-refractivity contribution in [2.75, 3.05) is 25.5 Å². The molecule has 2 amide bonds. The third-order valence-electron chi connectivity index (χ3n) is 4.55. The van der Waals surface area contributed by atoms with Crippen LogP contribution in [0.5, 0.6) is 5.88 Å². The van der Waals surface area contributed by atoms with Crippen molar-refractivity contribution in [3.8, 4) is 11.9 Å². The van der Waals surface area contributed by atoms with E-state index in [9.17, 15) is 14.9 Å². The molecule has 2 aromatic rings. The Morgan fingerprint density at radius 2 is 2.08 bits per heavy atom. The van der Waals surface area contributed by atoms with Crippen LogP contribution in [0.1, 0.15) is 12.8 Å². The first kappa shape index (κ1) is 17.4. The lowest BCUT2D eigenvalue weighted by atomic mass is 9.79. The molecule has 1 aliphatic heterocycles. The summed E-state index contributed by atoms with van der Waals surface area (Å²) in [5.74, 6) is -0.0899. The fraction of sp³-hybridized carbons (Fsp3) is 0.353. The molecule has 1 fully saturated rings. The molecule has 0 radical (unpaired) electrons. The van der Waals surface area contributed by atoms with Gasteiger partial charge in [0.1, 0.15) is 10.9 Å². The Hall–Kier alpha value is -3.41. The maximum atomic E-state index is 12.8. The number of nitrogens with one attached hydrogen (secondary N) is 1. The van der Waals surface area contributed by atoms with Crippen LogP contribution in [0.2, 0.25) is 0 Å².